The van der Waals surface area contributed by atoms with Gasteiger partial charge in [0.05, 0.1) is 34.9 Å². The zero-order chi connectivity index (χ0) is 21.1. The topological polar surface area (TPSA) is 113 Å². The second kappa shape index (κ2) is 8.35. The highest BCUT2D eigenvalue weighted by Gasteiger charge is 2.24. The van der Waals surface area contributed by atoms with Gasteiger partial charge in [-0.1, -0.05) is 12.1 Å². The fourth-order valence-electron chi connectivity index (χ4n) is 3.50. The molecule has 1 aromatic carbocycles. The number of carbonyl (C=O) groups is 1. The highest BCUT2D eigenvalue weighted by Crippen LogP contribution is 2.17. The third-order valence-corrected chi connectivity index (χ3v) is 5.22. The van der Waals surface area contributed by atoms with E-state index in [1.165, 1.54) is 10.9 Å². The van der Waals surface area contributed by atoms with E-state index in [0.717, 1.165) is 19.4 Å². The Morgan fingerprint density at radius 3 is 2.77 bits per heavy atom. The molecule has 4 rings (SSSR count). The van der Waals surface area contributed by atoms with Crippen molar-refractivity contribution >= 4 is 5.91 Å². The molecule has 0 spiro atoms. The van der Waals surface area contributed by atoms with Crippen LogP contribution in [-0.4, -0.2) is 39.4 Å². The Balaban J connectivity index is 1.50. The third kappa shape index (κ3) is 3.88. The van der Waals surface area contributed by atoms with Crippen LogP contribution in [0.1, 0.15) is 35.7 Å². The third-order valence-electron chi connectivity index (χ3n) is 5.22. The van der Waals surface area contributed by atoms with Gasteiger partial charge in [-0.25, -0.2) is 9.67 Å². The molecular formula is C22H21N5O3. The molecule has 0 saturated carbocycles. The minimum Gasteiger partial charge on any atom is -0.376 e. The van der Waals surface area contributed by atoms with Crippen LogP contribution >= 0.6 is 0 Å². The minimum atomic E-state index is -0.267. The SMILES string of the molecule is CC(NC(=O)c1ccc(-n2[nH]cc(-c3ccc(C#N)cc3)c2=O)nc1)C1CCCO1. The molecule has 2 N–H and O–H groups in total. The van der Waals surface area contributed by atoms with Gasteiger partial charge in [-0.15, -0.1) is 0 Å². The molecule has 8 nitrogen and oxygen atoms in total. The van der Waals surface area contributed by atoms with Crippen LogP contribution < -0.4 is 10.9 Å². The molecule has 152 valence electrons. The second-order valence-corrected chi connectivity index (χ2v) is 7.24. The first-order valence-electron chi connectivity index (χ1n) is 9.76. The number of H-pyrrole nitrogens is 1. The molecule has 30 heavy (non-hydrogen) atoms. The highest BCUT2D eigenvalue weighted by molar-refractivity contribution is 5.94. The second-order valence-electron chi connectivity index (χ2n) is 7.24. The Morgan fingerprint density at radius 2 is 2.13 bits per heavy atom. The lowest BCUT2D eigenvalue weighted by Gasteiger charge is -2.19. The van der Waals surface area contributed by atoms with Crippen LogP contribution in [-0.2, 0) is 4.74 Å². The van der Waals surface area contributed by atoms with Gasteiger partial charge in [0.25, 0.3) is 11.5 Å². The van der Waals surface area contributed by atoms with Crippen LogP contribution in [0.2, 0.25) is 0 Å². The van der Waals surface area contributed by atoms with Gasteiger partial charge >= 0.3 is 0 Å². The summed E-state index contributed by atoms with van der Waals surface area (Å²) in [6.45, 7) is 2.66. The summed E-state index contributed by atoms with van der Waals surface area (Å²) in [5.74, 6) is 0.151. The molecule has 1 fully saturated rings. The van der Waals surface area contributed by atoms with E-state index in [1.54, 1.807) is 42.6 Å². The standard InChI is InChI=1S/C22H21N5O3/c1-14(19-3-2-10-30-19)26-21(28)17-8-9-20(24-12-17)27-22(29)18(13-25-27)16-6-4-15(11-23)5-7-16/h4-9,12-14,19,25H,2-3,10H2,1H3,(H,26,28). The Hall–Kier alpha value is -3.70. The van der Waals surface area contributed by atoms with Gasteiger partial charge < -0.3 is 10.1 Å². The average Bonchev–Trinajstić information content (AvgIpc) is 3.44. The largest absolute Gasteiger partial charge is 0.376 e. The number of nitrogens with zero attached hydrogens (tertiary/aromatic N) is 3. The zero-order valence-electron chi connectivity index (χ0n) is 16.5. The monoisotopic (exact) mass is 403 g/mol. The van der Waals surface area contributed by atoms with Crippen LogP contribution in [0.5, 0.6) is 0 Å². The molecule has 3 heterocycles. The van der Waals surface area contributed by atoms with E-state index in [9.17, 15) is 9.59 Å². The summed E-state index contributed by atoms with van der Waals surface area (Å²) in [4.78, 5) is 29.5. The van der Waals surface area contributed by atoms with Crippen molar-refractivity contribution in [1.29, 1.82) is 5.26 Å². The first-order valence-corrected chi connectivity index (χ1v) is 9.76. The van der Waals surface area contributed by atoms with Gasteiger partial charge in [0, 0.05) is 19.0 Å². The summed E-state index contributed by atoms with van der Waals surface area (Å²) >= 11 is 0. The molecule has 0 bridgehead atoms. The molecule has 1 aliphatic rings. The number of amides is 1. The normalized spacial score (nSPS) is 16.7. The predicted molar refractivity (Wildman–Crippen MR) is 110 cm³/mol. The Labute approximate surface area is 173 Å². The maximum Gasteiger partial charge on any atom is 0.280 e. The zero-order valence-corrected chi connectivity index (χ0v) is 16.5. The van der Waals surface area contributed by atoms with Crippen molar-refractivity contribution < 1.29 is 9.53 Å². The van der Waals surface area contributed by atoms with Crippen molar-refractivity contribution in [3.05, 3.63) is 70.3 Å². The van der Waals surface area contributed by atoms with Crippen LogP contribution in [0.25, 0.3) is 16.9 Å². The minimum absolute atomic E-state index is 0.0410. The number of hydrogen-bond donors (Lipinski definition) is 2. The first kappa shape index (κ1) is 19.6. The van der Waals surface area contributed by atoms with Crippen LogP contribution in [0.3, 0.4) is 0 Å². The van der Waals surface area contributed by atoms with E-state index in [0.29, 0.717) is 28.1 Å². The fourth-order valence-corrected chi connectivity index (χ4v) is 3.50. The number of pyridine rings is 1. The molecule has 1 aliphatic heterocycles. The molecule has 3 aromatic rings. The number of carbonyl (C=O) groups excluding carboxylic acids is 1. The number of nitrogens with one attached hydrogen (secondary N) is 2. The number of ether oxygens (including phenoxy) is 1. The van der Waals surface area contributed by atoms with Gasteiger partial charge in [0.15, 0.2) is 5.82 Å². The lowest BCUT2D eigenvalue weighted by Crippen LogP contribution is -2.40. The lowest BCUT2D eigenvalue weighted by molar-refractivity contribution is 0.0712. The summed E-state index contributed by atoms with van der Waals surface area (Å²) in [6.07, 6.45) is 5.03. The Kier molecular flexibility index (Phi) is 5.46. The van der Waals surface area contributed by atoms with E-state index in [4.69, 9.17) is 10.00 Å². The van der Waals surface area contributed by atoms with E-state index in [2.05, 4.69) is 21.5 Å². The van der Waals surface area contributed by atoms with E-state index < -0.39 is 0 Å². The quantitative estimate of drug-likeness (QED) is 0.679. The number of hydrogen-bond acceptors (Lipinski definition) is 5. The molecule has 2 atom stereocenters. The van der Waals surface area contributed by atoms with Gasteiger partial charge in [-0.05, 0) is 49.6 Å². The van der Waals surface area contributed by atoms with Crippen molar-refractivity contribution in [2.24, 2.45) is 0 Å². The van der Waals surface area contributed by atoms with Crippen LogP contribution in [0.4, 0.5) is 0 Å². The van der Waals surface area contributed by atoms with Crippen LogP contribution in [0.15, 0.2) is 53.6 Å². The van der Waals surface area contributed by atoms with Crippen molar-refractivity contribution in [3.8, 4) is 23.0 Å². The maximum absolute atomic E-state index is 12.8. The average molecular weight is 403 g/mol. The lowest BCUT2D eigenvalue weighted by atomic mass is 10.1. The summed E-state index contributed by atoms with van der Waals surface area (Å²) in [5, 5.41) is 14.7. The number of aromatic amines is 1. The Bertz CT molecular complexity index is 1130. The number of aromatic nitrogens is 3. The highest BCUT2D eigenvalue weighted by atomic mass is 16.5. The molecule has 8 heteroatoms. The van der Waals surface area contributed by atoms with Crippen molar-refractivity contribution in [2.75, 3.05) is 6.61 Å². The van der Waals surface area contributed by atoms with Crippen molar-refractivity contribution in [1.82, 2.24) is 20.1 Å². The fraction of sp³-hybridized carbons (Fsp3) is 0.273. The number of nitriles is 1. The molecule has 0 radical (unpaired) electrons. The van der Waals surface area contributed by atoms with Gasteiger partial charge in [0.1, 0.15) is 0 Å². The number of rotatable bonds is 5. The molecule has 0 aliphatic carbocycles. The van der Waals surface area contributed by atoms with Crippen molar-refractivity contribution in [3.63, 3.8) is 0 Å². The molecular weight excluding hydrogens is 382 g/mol. The molecule has 2 unspecified atom stereocenters. The van der Waals surface area contributed by atoms with Gasteiger partial charge in [-0.2, -0.15) is 5.26 Å². The number of benzene rings is 1. The summed E-state index contributed by atoms with van der Waals surface area (Å²) < 4.78 is 6.91. The predicted octanol–water partition coefficient (Wildman–Crippen LogP) is 2.40. The maximum atomic E-state index is 12.8. The Morgan fingerprint density at radius 1 is 1.33 bits per heavy atom. The molecule has 1 saturated heterocycles. The van der Waals surface area contributed by atoms with Gasteiger partial charge in [-0.3, -0.25) is 14.7 Å². The van der Waals surface area contributed by atoms with Crippen LogP contribution in [0, 0.1) is 11.3 Å². The smallest absolute Gasteiger partial charge is 0.280 e. The first-order chi connectivity index (χ1) is 14.6. The van der Waals surface area contributed by atoms with Gasteiger partial charge in [0.2, 0.25) is 0 Å². The molecule has 1 amide bonds. The summed E-state index contributed by atoms with van der Waals surface area (Å²) in [5.41, 5.74) is 1.84. The summed E-state index contributed by atoms with van der Waals surface area (Å²) in [6, 6.07) is 12.0. The van der Waals surface area contributed by atoms with E-state index >= 15 is 0 Å². The molecule has 2 aromatic heterocycles. The summed E-state index contributed by atoms with van der Waals surface area (Å²) in [7, 11) is 0. The van der Waals surface area contributed by atoms with E-state index in [1.807, 2.05) is 6.92 Å². The van der Waals surface area contributed by atoms with Crippen molar-refractivity contribution in [2.45, 2.75) is 31.9 Å². The van der Waals surface area contributed by atoms with E-state index in [-0.39, 0.29) is 23.6 Å².